The van der Waals surface area contributed by atoms with Crippen molar-refractivity contribution in [3.05, 3.63) is 0 Å². The molecule has 19 heavy (non-hydrogen) atoms. The van der Waals surface area contributed by atoms with Crippen molar-refractivity contribution in [2.45, 2.75) is 63.9 Å². The number of rotatable bonds is 6. The summed E-state index contributed by atoms with van der Waals surface area (Å²) in [6.45, 7) is 1.61. The van der Waals surface area contributed by atoms with Crippen LogP contribution < -0.4 is 5.32 Å². The topological polar surface area (TPSA) is 38.3 Å². The number of carbonyl (C=O) groups excluding carboxylic acids is 1. The predicted molar refractivity (Wildman–Crippen MR) is 77.5 cm³/mol. The molecule has 1 atom stereocenters. The molecule has 0 aromatic heterocycles. The van der Waals surface area contributed by atoms with Crippen molar-refractivity contribution in [1.82, 2.24) is 5.32 Å². The van der Waals surface area contributed by atoms with E-state index in [2.05, 4.69) is 5.32 Å². The van der Waals surface area contributed by atoms with Crippen molar-refractivity contribution in [1.29, 1.82) is 0 Å². The maximum absolute atomic E-state index is 11.9. The van der Waals surface area contributed by atoms with Crippen molar-refractivity contribution in [3.63, 3.8) is 0 Å². The molecule has 4 heteroatoms. The third-order valence-electron chi connectivity index (χ3n) is 4.58. The molecule has 2 rings (SSSR count). The van der Waals surface area contributed by atoms with Crippen molar-refractivity contribution in [2.24, 2.45) is 5.41 Å². The molecule has 0 radical (unpaired) electrons. The standard InChI is InChI=1S/C15H26ClNO2/c16-11-15(8-2-1-3-9-15)12-17-14(18)7-6-13-5-4-10-19-13/h13H,1-12H2,(H,17,18). The summed E-state index contributed by atoms with van der Waals surface area (Å²) in [5, 5.41) is 3.09. The van der Waals surface area contributed by atoms with E-state index in [9.17, 15) is 4.79 Å². The number of amides is 1. The number of halogens is 1. The minimum atomic E-state index is 0.152. The fourth-order valence-electron chi connectivity index (χ4n) is 3.20. The van der Waals surface area contributed by atoms with Crippen LogP contribution in [0.4, 0.5) is 0 Å². The second-order valence-electron chi connectivity index (χ2n) is 6.14. The monoisotopic (exact) mass is 287 g/mol. The Hall–Kier alpha value is -0.280. The van der Waals surface area contributed by atoms with Gasteiger partial charge in [-0.05, 0) is 32.1 Å². The second-order valence-corrected chi connectivity index (χ2v) is 6.41. The summed E-state index contributed by atoms with van der Waals surface area (Å²) in [7, 11) is 0. The van der Waals surface area contributed by atoms with Gasteiger partial charge in [0.15, 0.2) is 0 Å². The van der Waals surface area contributed by atoms with E-state index in [0.717, 1.165) is 45.3 Å². The Morgan fingerprint density at radius 3 is 2.68 bits per heavy atom. The zero-order valence-electron chi connectivity index (χ0n) is 11.8. The Labute approximate surface area is 121 Å². The molecule has 110 valence electrons. The lowest BCUT2D eigenvalue weighted by molar-refractivity contribution is -0.122. The average molecular weight is 288 g/mol. The number of alkyl halides is 1. The summed E-state index contributed by atoms with van der Waals surface area (Å²) < 4.78 is 5.54. The van der Waals surface area contributed by atoms with Crippen LogP contribution in [0.2, 0.25) is 0 Å². The largest absolute Gasteiger partial charge is 0.378 e. The van der Waals surface area contributed by atoms with Gasteiger partial charge < -0.3 is 10.1 Å². The molecule has 1 aliphatic carbocycles. The maximum atomic E-state index is 11.9. The highest BCUT2D eigenvalue weighted by atomic mass is 35.5. The van der Waals surface area contributed by atoms with Crippen LogP contribution >= 0.6 is 11.6 Å². The molecule has 0 aromatic rings. The quantitative estimate of drug-likeness (QED) is 0.762. The summed E-state index contributed by atoms with van der Waals surface area (Å²) in [5.74, 6) is 0.824. The number of ether oxygens (including phenoxy) is 1. The normalized spacial score (nSPS) is 26.3. The van der Waals surface area contributed by atoms with Crippen LogP contribution in [-0.4, -0.2) is 31.0 Å². The van der Waals surface area contributed by atoms with Gasteiger partial charge in [0.2, 0.25) is 5.91 Å². The molecule has 1 N–H and O–H groups in total. The van der Waals surface area contributed by atoms with Crippen LogP contribution in [0.3, 0.4) is 0 Å². The van der Waals surface area contributed by atoms with Gasteiger partial charge in [-0.3, -0.25) is 4.79 Å². The molecule has 1 saturated carbocycles. The molecule has 1 aliphatic heterocycles. The molecule has 1 heterocycles. The van der Waals surface area contributed by atoms with Crippen molar-refractivity contribution in [2.75, 3.05) is 19.0 Å². The first-order chi connectivity index (χ1) is 9.24. The summed E-state index contributed by atoms with van der Waals surface area (Å²) in [6.07, 6.45) is 10.1. The van der Waals surface area contributed by atoms with Gasteiger partial charge in [-0.1, -0.05) is 19.3 Å². The highest BCUT2D eigenvalue weighted by Crippen LogP contribution is 2.36. The maximum Gasteiger partial charge on any atom is 0.220 e. The van der Waals surface area contributed by atoms with Crippen LogP contribution in [-0.2, 0) is 9.53 Å². The van der Waals surface area contributed by atoms with Crippen molar-refractivity contribution >= 4 is 17.5 Å². The first kappa shape index (κ1) is 15.1. The lowest BCUT2D eigenvalue weighted by Crippen LogP contribution is -2.40. The van der Waals surface area contributed by atoms with Gasteiger partial charge in [0, 0.05) is 30.9 Å². The molecular formula is C15H26ClNO2. The van der Waals surface area contributed by atoms with E-state index in [0.29, 0.717) is 18.4 Å². The summed E-state index contributed by atoms with van der Waals surface area (Å²) in [6, 6.07) is 0. The van der Waals surface area contributed by atoms with Gasteiger partial charge in [-0.25, -0.2) is 0 Å². The van der Waals surface area contributed by atoms with Gasteiger partial charge in [-0.15, -0.1) is 11.6 Å². The highest BCUT2D eigenvalue weighted by Gasteiger charge is 2.31. The van der Waals surface area contributed by atoms with Crippen molar-refractivity contribution in [3.8, 4) is 0 Å². The average Bonchev–Trinajstić information content (AvgIpc) is 2.97. The van der Waals surface area contributed by atoms with Gasteiger partial charge in [0.25, 0.3) is 0 Å². The molecule has 1 unspecified atom stereocenters. The van der Waals surface area contributed by atoms with E-state index in [4.69, 9.17) is 16.3 Å². The summed E-state index contributed by atoms with van der Waals surface area (Å²) in [4.78, 5) is 11.9. The molecule has 2 fully saturated rings. The van der Waals surface area contributed by atoms with Crippen LogP contribution in [0.25, 0.3) is 0 Å². The highest BCUT2D eigenvalue weighted by molar-refractivity contribution is 6.18. The number of carbonyl (C=O) groups is 1. The van der Waals surface area contributed by atoms with E-state index >= 15 is 0 Å². The number of nitrogens with one attached hydrogen (secondary N) is 1. The zero-order chi connectivity index (χ0) is 13.6. The van der Waals surface area contributed by atoms with E-state index in [1.807, 2.05) is 0 Å². The molecule has 0 spiro atoms. The van der Waals surface area contributed by atoms with Gasteiger partial charge in [-0.2, -0.15) is 0 Å². The number of hydrogen-bond acceptors (Lipinski definition) is 2. The first-order valence-corrected chi connectivity index (χ1v) is 8.22. The lowest BCUT2D eigenvalue weighted by atomic mass is 9.75. The van der Waals surface area contributed by atoms with E-state index in [1.54, 1.807) is 0 Å². The van der Waals surface area contributed by atoms with Gasteiger partial charge in [0.05, 0.1) is 6.10 Å². The molecule has 1 saturated heterocycles. The molecular weight excluding hydrogens is 262 g/mol. The van der Waals surface area contributed by atoms with E-state index in [1.165, 1.54) is 19.3 Å². The van der Waals surface area contributed by atoms with Crippen LogP contribution in [0.1, 0.15) is 57.8 Å². The van der Waals surface area contributed by atoms with Crippen LogP contribution in [0.5, 0.6) is 0 Å². The third kappa shape index (κ3) is 4.64. The Morgan fingerprint density at radius 1 is 1.26 bits per heavy atom. The van der Waals surface area contributed by atoms with Gasteiger partial charge in [0.1, 0.15) is 0 Å². The Bertz CT molecular complexity index is 284. The number of hydrogen-bond donors (Lipinski definition) is 1. The predicted octanol–water partition coefficient (Wildman–Crippen LogP) is 3.25. The minimum Gasteiger partial charge on any atom is -0.378 e. The Balaban J connectivity index is 1.66. The summed E-state index contributed by atoms with van der Waals surface area (Å²) >= 11 is 6.13. The Kier molecular flexibility index (Phi) is 5.96. The summed E-state index contributed by atoms with van der Waals surface area (Å²) in [5.41, 5.74) is 0.152. The van der Waals surface area contributed by atoms with Crippen LogP contribution in [0, 0.1) is 5.41 Å². The van der Waals surface area contributed by atoms with Gasteiger partial charge >= 0.3 is 0 Å². The first-order valence-electron chi connectivity index (χ1n) is 7.68. The fraction of sp³-hybridized carbons (Fsp3) is 0.933. The Morgan fingerprint density at radius 2 is 2.05 bits per heavy atom. The lowest BCUT2D eigenvalue weighted by Gasteiger charge is -2.35. The SMILES string of the molecule is O=C(CCC1CCCO1)NCC1(CCl)CCCCC1. The minimum absolute atomic E-state index is 0.152. The van der Waals surface area contributed by atoms with E-state index < -0.39 is 0 Å². The zero-order valence-corrected chi connectivity index (χ0v) is 12.5. The molecule has 0 bridgehead atoms. The molecule has 3 nitrogen and oxygen atoms in total. The fourth-order valence-corrected chi connectivity index (χ4v) is 3.56. The van der Waals surface area contributed by atoms with Crippen LogP contribution in [0.15, 0.2) is 0 Å². The molecule has 0 aromatic carbocycles. The second kappa shape index (κ2) is 7.49. The van der Waals surface area contributed by atoms with E-state index in [-0.39, 0.29) is 11.3 Å². The smallest absolute Gasteiger partial charge is 0.220 e. The molecule has 2 aliphatic rings. The molecule has 1 amide bonds. The van der Waals surface area contributed by atoms with Crippen molar-refractivity contribution < 1.29 is 9.53 Å². The third-order valence-corrected chi connectivity index (χ3v) is 5.14.